The number of nitrogens with one attached hydrogen (secondary N) is 8. The van der Waals surface area contributed by atoms with Gasteiger partial charge in [-0.15, -0.1) is 0 Å². The number of phenolic OH excluding ortho intramolecular Hbond substituents is 1. The average molecular weight is 1180 g/mol. The first kappa shape index (κ1) is 72.2. The van der Waals surface area contributed by atoms with Crippen LogP contribution in [0.1, 0.15) is 117 Å². The van der Waals surface area contributed by atoms with Gasteiger partial charge in [-0.1, -0.05) is 39.8 Å². The number of guanidine groups is 1. The van der Waals surface area contributed by atoms with Crippen LogP contribution in [0.25, 0.3) is 0 Å². The first-order valence-electron chi connectivity index (χ1n) is 26.8. The Bertz CT molecular complexity index is 2360. The monoisotopic (exact) mass is 1180 g/mol. The van der Waals surface area contributed by atoms with Gasteiger partial charge in [-0.05, 0) is 100 Å². The molecule has 0 aliphatic carbocycles. The number of carbonyl (C=O) groups is 12. The summed E-state index contributed by atoms with van der Waals surface area (Å²) in [5.74, 6) is -14.2. The molecule has 460 valence electrons. The van der Waals surface area contributed by atoms with Crippen molar-refractivity contribution >= 4 is 89.7 Å². The molecule has 0 fully saturated rings. The molecule has 0 heterocycles. The summed E-state index contributed by atoms with van der Waals surface area (Å²) < 4.78 is 0. The Kier molecular flexibility index (Phi) is 33.5. The summed E-state index contributed by atoms with van der Waals surface area (Å²) in [7, 11) is 0. The van der Waals surface area contributed by atoms with Crippen molar-refractivity contribution in [2.75, 3.05) is 18.8 Å². The fourth-order valence-electron chi connectivity index (χ4n) is 7.89. The number of aliphatic imine (C=N–C) groups is 1. The Morgan fingerprint density at radius 2 is 0.890 bits per heavy atom. The number of benzene rings is 1. The number of hydrogen-bond donors (Lipinski definition) is 18. The maximum atomic E-state index is 14.3. The van der Waals surface area contributed by atoms with Crippen LogP contribution in [0.3, 0.4) is 0 Å². The van der Waals surface area contributed by atoms with Crippen LogP contribution in [0.2, 0.25) is 0 Å². The summed E-state index contributed by atoms with van der Waals surface area (Å²) in [5.41, 5.74) is 28.3. The van der Waals surface area contributed by atoms with Gasteiger partial charge < -0.3 is 91.6 Å². The number of carboxylic acids is 3. The first-order chi connectivity index (χ1) is 38.5. The number of nitrogens with zero attached hydrogens (tertiary/aromatic N) is 1. The van der Waals surface area contributed by atoms with Crippen molar-refractivity contribution in [2.24, 2.45) is 45.5 Å². The van der Waals surface area contributed by atoms with Gasteiger partial charge in [0.25, 0.3) is 0 Å². The lowest BCUT2D eigenvalue weighted by Crippen LogP contribution is -2.61. The van der Waals surface area contributed by atoms with E-state index in [1.54, 1.807) is 27.7 Å². The molecular weight excluding hydrogens is 1100 g/mol. The summed E-state index contributed by atoms with van der Waals surface area (Å²) >= 11 is 4.16. The SMILES string of the molecule is CC(C)C[C@H](NC(=O)[C@H](CCCCN)NC(=O)[C@H](CCC(=O)O)NC(=O)[C@H](CS)NC(=O)[C@H](CCC(=O)O)NC(=O)[C@H](CCC(N)=O)NC(=O)[C@H](Cc1ccc(O)cc1)NC(=O)[C@H](CC(C)C)NC(=O)[C@@H](N)CCCN=C(N)N)C(=O)O. The molecule has 0 radical (unpaired) electrons. The lowest BCUT2D eigenvalue weighted by Gasteiger charge is -2.28. The number of thiol groups is 1. The minimum Gasteiger partial charge on any atom is -0.508 e. The van der Waals surface area contributed by atoms with Gasteiger partial charge in [-0.2, -0.15) is 12.6 Å². The second kappa shape index (κ2) is 38.0. The van der Waals surface area contributed by atoms with Crippen LogP contribution >= 0.6 is 12.6 Å². The largest absolute Gasteiger partial charge is 0.508 e. The number of rotatable bonds is 41. The predicted octanol–water partition coefficient (Wildman–Crippen LogP) is -3.58. The maximum Gasteiger partial charge on any atom is 0.326 e. The van der Waals surface area contributed by atoms with Crippen LogP contribution in [-0.4, -0.2) is 171 Å². The Balaban J connectivity index is 3.58. The number of unbranched alkanes of at least 4 members (excludes halogenated alkanes) is 1. The van der Waals surface area contributed by atoms with Gasteiger partial charge in [0.05, 0.1) is 6.04 Å². The molecular formula is C51H84N14O16S. The van der Waals surface area contributed by atoms with E-state index >= 15 is 0 Å². The lowest BCUT2D eigenvalue weighted by molar-refractivity contribution is -0.143. The molecule has 1 aromatic rings. The van der Waals surface area contributed by atoms with E-state index in [1.165, 1.54) is 24.3 Å². The summed E-state index contributed by atoms with van der Waals surface area (Å²) in [4.78, 5) is 162. The number of primary amides is 1. The Labute approximate surface area is 480 Å². The second-order valence-electron chi connectivity index (χ2n) is 20.3. The number of nitrogens with two attached hydrogens (primary N) is 5. The van der Waals surface area contributed by atoms with Crippen LogP contribution < -0.4 is 71.2 Å². The van der Waals surface area contributed by atoms with E-state index in [1.807, 2.05) is 0 Å². The molecule has 0 aliphatic heterocycles. The van der Waals surface area contributed by atoms with Crippen LogP contribution in [-0.2, 0) is 64.0 Å². The van der Waals surface area contributed by atoms with Gasteiger partial charge in [-0.3, -0.25) is 57.7 Å². The number of hydrogen-bond acceptors (Lipinski definition) is 17. The molecule has 30 nitrogen and oxygen atoms in total. The number of aliphatic carboxylic acids is 3. The average Bonchev–Trinajstić information content (AvgIpc) is 3.47. The number of phenols is 1. The smallest absolute Gasteiger partial charge is 0.326 e. The molecule has 1 rings (SSSR count). The highest BCUT2D eigenvalue weighted by molar-refractivity contribution is 7.80. The molecule has 22 N–H and O–H groups in total. The summed E-state index contributed by atoms with van der Waals surface area (Å²) in [6.45, 7) is 7.41. The van der Waals surface area contributed by atoms with Crippen molar-refractivity contribution in [2.45, 2.75) is 172 Å². The zero-order valence-corrected chi connectivity index (χ0v) is 47.5. The van der Waals surface area contributed by atoms with Gasteiger partial charge in [0, 0.05) is 38.0 Å². The van der Waals surface area contributed by atoms with E-state index in [0.29, 0.717) is 18.4 Å². The molecule has 9 atom stereocenters. The zero-order chi connectivity index (χ0) is 62.2. The van der Waals surface area contributed by atoms with Gasteiger partial charge in [-0.25, -0.2) is 4.79 Å². The highest BCUT2D eigenvalue weighted by Gasteiger charge is 2.36. The molecule has 0 bridgehead atoms. The highest BCUT2D eigenvalue weighted by Crippen LogP contribution is 2.15. The molecule has 0 spiro atoms. The number of aromatic hydroxyl groups is 1. The third kappa shape index (κ3) is 29.6. The zero-order valence-electron chi connectivity index (χ0n) is 46.7. The third-order valence-electron chi connectivity index (χ3n) is 12.2. The van der Waals surface area contributed by atoms with Crippen LogP contribution in [0.5, 0.6) is 5.75 Å². The molecule has 0 aromatic heterocycles. The summed E-state index contributed by atoms with van der Waals surface area (Å²) in [6.07, 6.45) is -2.72. The Hall–Kier alpha value is -7.80. The Morgan fingerprint density at radius 3 is 1.32 bits per heavy atom. The molecule has 0 unspecified atom stereocenters. The van der Waals surface area contributed by atoms with E-state index in [9.17, 15) is 78.0 Å². The quantitative estimate of drug-likeness (QED) is 0.0130. The number of amides is 9. The van der Waals surface area contributed by atoms with Crippen molar-refractivity contribution in [1.82, 2.24) is 42.5 Å². The topological polar surface area (TPSA) is 524 Å². The molecule has 0 aliphatic rings. The fraction of sp³-hybridized carbons (Fsp3) is 0.627. The van der Waals surface area contributed by atoms with Gasteiger partial charge in [0.2, 0.25) is 53.2 Å². The molecule has 31 heteroatoms. The van der Waals surface area contributed by atoms with Crippen molar-refractivity contribution in [1.29, 1.82) is 0 Å². The van der Waals surface area contributed by atoms with Gasteiger partial charge in [0.15, 0.2) is 5.96 Å². The minimum absolute atomic E-state index is 0.0351. The van der Waals surface area contributed by atoms with E-state index < -0.39 is 170 Å². The molecule has 0 saturated carbocycles. The standard InChI is InChI=1S/C51H84N14O16S/c1-26(2)22-35(62-42(72)30(53)8-7-21-57-51(55)56)47(77)63-36(24-28-10-12-29(66)13-11-28)48(78)60-32(14-17-39(54)67)44(74)59-34(16-19-41(70)71)46(76)65-38(25-82)49(79)61-33(15-18-40(68)69)45(75)58-31(9-5-6-20-52)43(73)64-37(50(80)81)23-27(3)4/h10-13,26-27,30-38,66,82H,5-9,14-25,52-53H2,1-4H3,(H2,54,67)(H,58,75)(H,59,74)(H,60,78)(H,61,79)(H,62,72)(H,63,77)(H,64,73)(H,65,76)(H,68,69)(H,70,71)(H,80,81)(H4,55,56,57)/t30-,31-,32-,33-,34-,35-,36-,37-,38-/m0/s1. The van der Waals surface area contributed by atoms with Crippen molar-refractivity contribution in [3.8, 4) is 5.75 Å². The highest BCUT2D eigenvalue weighted by atomic mass is 32.1. The number of carbonyl (C=O) groups excluding carboxylic acids is 9. The third-order valence-corrected chi connectivity index (χ3v) is 12.6. The molecule has 1 aromatic carbocycles. The van der Waals surface area contributed by atoms with Crippen molar-refractivity contribution < 1.29 is 78.0 Å². The van der Waals surface area contributed by atoms with E-state index in [-0.39, 0.29) is 75.2 Å². The fourth-order valence-corrected chi connectivity index (χ4v) is 8.15. The van der Waals surface area contributed by atoms with Crippen molar-refractivity contribution in [3.63, 3.8) is 0 Å². The van der Waals surface area contributed by atoms with Crippen LogP contribution in [0.4, 0.5) is 0 Å². The second-order valence-corrected chi connectivity index (χ2v) is 20.7. The minimum atomic E-state index is -1.80. The van der Waals surface area contributed by atoms with E-state index in [4.69, 9.17) is 28.7 Å². The first-order valence-corrected chi connectivity index (χ1v) is 27.4. The normalized spacial score (nSPS) is 14.4. The van der Waals surface area contributed by atoms with Gasteiger partial charge in [0.1, 0.15) is 54.1 Å². The van der Waals surface area contributed by atoms with E-state index in [2.05, 4.69) is 60.2 Å². The predicted molar refractivity (Wildman–Crippen MR) is 301 cm³/mol. The van der Waals surface area contributed by atoms with Crippen LogP contribution in [0, 0.1) is 11.8 Å². The lowest BCUT2D eigenvalue weighted by atomic mass is 10.00. The molecule has 9 amide bonds. The van der Waals surface area contributed by atoms with Crippen LogP contribution in [0.15, 0.2) is 29.3 Å². The molecule has 0 saturated heterocycles. The number of carboxylic acid groups (broad SMARTS) is 3. The summed E-state index contributed by atoms with van der Waals surface area (Å²) in [6, 6.07) is -7.97. The van der Waals surface area contributed by atoms with Crippen molar-refractivity contribution in [3.05, 3.63) is 29.8 Å². The Morgan fingerprint density at radius 1 is 0.500 bits per heavy atom. The summed E-state index contributed by atoms with van der Waals surface area (Å²) in [5, 5.41) is 58.3. The molecule has 82 heavy (non-hydrogen) atoms. The maximum absolute atomic E-state index is 14.3. The van der Waals surface area contributed by atoms with Gasteiger partial charge >= 0.3 is 17.9 Å². The van der Waals surface area contributed by atoms with E-state index in [0.717, 1.165) is 0 Å².